The zero-order valence-electron chi connectivity index (χ0n) is 15.7. The van der Waals surface area contributed by atoms with Crippen LogP contribution in [-0.2, 0) is 23.7 Å². The molecule has 3 rings (SSSR count). The number of aliphatic hydroxyl groups excluding tert-OH is 6. The van der Waals surface area contributed by atoms with E-state index in [-0.39, 0.29) is 0 Å². The van der Waals surface area contributed by atoms with Crippen molar-refractivity contribution in [3.8, 4) is 0 Å². The molecule has 11 atom stereocenters. The first kappa shape index (κ1) is 22.3. The van der Waals surface area contributed by atoms with Crippen LogP contribution in [0.4, 0.5) is 0 Å². The van der Waals surface area contributed by atoms with E-state index in [0.717, 1.165) is 13.4 Å². The van der Waals surface area contributed by atoms with E-state index in [9.17, 15) is 40.5 Å². The quantitative estimate of drug-likeness (QED) is 0.217. The first-order valence-electron chi connectivity index (χ1n) is 9.08. The molecule has 0 aromatic rings. The molecule has 12 heteroatoms. The molecule has 12 nitrogen and oxygen atoms in total. The first-order valence-corrected chi connectivity index (χ1v) is 9.08. The van der Waals surface area contributed by atoms with E-state index in [1.165, 1.54) is 6.92 Å². The molecule has 2 fully saturated rings. The van der Waals surface area contributed by atoms with Crippen LogP contribution in [0.15, 0.2) is 11.8 Å². The highest BCUT2D eigenvalue weighted by Crippen LogP contribution is 2.50. The third-order valence-electron chi connectivity index (χ3n) is 5.95. The SMILES string of the molecule is COC(=O)C1=CO[C@@H](O[C@H]2O[C@@H](CO)[C@@H](O)[C@@H](O)[C@H]2O)[C@H]2[C@@H](C)[C@@H](O)[C@@H](O)[C@@]12O. The topological polar surface area (TPSA) is 196 Å². The molecule has 0 unspecified atom stereocenters. The number of hydrogen-bond donors (Lipinski definition) is 7. The molecule has 0 aromatic carbocycles. The third-order valence-corrected chi connectivity index (χ3v) is 5.95. The second-order valence-electron chi connectivity index (χ2n) is 7.51. The van der Waals surface area contributed by atoms with Crippen molar-refractivity contribution < 1.29 is 59.5 Å². The molecule has 2 aliphatic heterocycles. The summed E-state index contributed by atoms with van der Waals surface area (Å²) in [6.07, 6.45) is -11.7. The Kier molecular flexibility index (Phi) is 6.21. The van der Waals surface area contributed by atoms with Crippen LogP contribution in [0.3, 0.4) is 0 Å². The maximum Gasteiger partial charge on any atom is 0.339 e. The number of ether oxygens (including phenoxy) is 4. The molecule has 0 spiro atoms. The van der Waals surface area contributed by atoms with Crippen LogP contribution < -0.4 is 0 Å². The lowest BCUT2D eigenvalue weighted by Gasteiger charge is -2.45. The number of carbonyl (C=O) groups excluding carboxylic acids is 1. The van der Waals surface area contributed by atoms with Crippen molar-refractivity contribution in [3.05, 3.63) is 11.8 Å². The van der Waals surface area contributed by atoms with Gasteiger partial charge >= 0.3 is 5.97 Å². The summed E-state index contributed by atoms with van der Waals surface area (Å²) in [6, 6.07) is 0. The van der Waals surface area contributed by atoms with Crippen LogP contribution in [0.2, 0.25) is 0 Å². The fourth-order valence-corrected chi connectivity index (χ4v) is 4.22. The smallest absolute Gasteiger partial charge is 0.339 e. The Labute approximate surface area is 165 Å². The van der Waals surface area contributed by atoms with Crippen LogP contribution in [0.1, 0.15) is 6.92 Å². The minimum atomic E-state index is -2.29. The fraction of sp³-hybridized carbons (Fsp3) is 0.824. The molecule has 7 N–H and O–H groups in total. The Balaban J connectivity index is 1.91. The number of hydrogen-bond acceptors (Lipinski definition) is 12. The Morgan fingerprint density at radius 3 is 2.34 bits per heavy atom. The van der Waals surface area contributed by atoms with Gasteiger partial charge in [-0.25, -0.2) is 4.79 Å². The predicted molar refractivity (Wildman–Crippen MR) is 89.4 cm³/mol. The predicted octanol–water partition coefficient (Wildman–Crippen LogP) is -4.07. The van der Waals surface area contributed by atoms with Crippen molar-refractivity contribution in [1.29, 1.82) is 0 Å². The van der Waals surface area contributed by atoms with E-state index in [2.05, 4.69) is 4.74 Å². The molecule has 1 saturated carbocycles. The van der Waals surface area contributed by atoms with Crippen LogP contribution in [0.5, 0.6) is 0 Å². The summed E-state index contributed by atoms with van der Waals surface area (Å²) in [6.45, 7) is 0.813. The van der Waals surface area contributed by atoms with Crippen LogP contribution in [0, 0.1) is 11.8 Å². The van der Waals surface area contributed by atoms with Gasteiger partial charge in [0, 0.05) is 0 Å². The van der Waals surface area contributed by atoms with E-state index in [1.54, 1.807) is 0 Å². The number of rotatable bonds is 4. The number of carbonyl (C=O) groups is 1. The lowest BCUT2D eigenvalue weighted by molar-refractivity contribution is -0.347. The zero-order chi connectivity index (χ0) is 21.7. The molecule has 1 saturated heterocycles. The summed E-state index contributed by atoms with van der Waals surface area (Å²) in [4.78, 5) is 12.1. The van der Waals surface area contributed by atoms with E-state index in [0.29, 0.717) is 0 Å². The van der Waals surface area contributed by atoms with E-state index in [4.69, 9.17) is 14.2 Å². The summed E-state index contributed by atoms with van der Waals surface area (Å²) in [5, 5.41) is 71.1. The largest absolute Gasteiger partial charge is 0.471 e. The molecule has 0 amide bonds. The van der Waals surface area contributed by atoms with Crippen LogP contribution in [-0.4, -0.2) is 110 Å². The number of aliphatic hydroxyl groups is 7. The number of esters is 1. The lowest BCUT2D eigenvalue weighted by atomic mass is 9.78. The van der Waals surface area contributed by atoms with Gasteiger partial charge in [0.1, 0.15) is 48.0 Å². The van der Waals surface area contributed by atoms with Gasteiger partial charge in [-0.15, -0.1) is 0 Å². The van der Waals surface area contributed by atoms with Gasteiger partial charge in [-0.3, -0.25) is 0 Å². The zero-order valence-corrected chi connectivity index (χ0v) is 15.7. The summed E-state index contributed by atoms with van der Waals surface area (Å²) in [5.41, 5.74) is -2.71. The molecule has 3 aliphatic rings. The molecular formula is C17H26O12. The Morgan fingerprint density at radius 2 is 1.76 bits per heavy atom. The first-order chi connectivity index (χ1) is 13.6. The maximum absolute atomic E-state index is 12.1. The van der Waals surface area contributed by atoms with Crippen molar-refractivity contribution in [3.63, 3.8) is 0 Å². The Morgan fingerprint density at radius 1 is 1.10 bits per heavy atom. The van der Waals surface area contributed by atoms with Crippen molar-refractivity contribution in [2.75, 3.05) is 13.7 Å². The van der Waals surface area contributed by atoms with E-state index in [1.807, 2.05) is 0 Å². The van der Waals surface area contributed by atoms with Gasteiger partial charge in [-0.1, -0.05) is 6.92 Å². The molecule has 166 valence electrons. The molecule has 0 aromatic heterocycles. The highest BCUT2D eigenvalue weighted by Gasteiger charge is 2.66. The average Bonchev–Trinajstić information content (AvgIpc) is 2.88. The molecule has 2 heterocycles. The summed E-state index contributed by atoms with van der Waals surface area (Å²) in [5.74, 6) is -3.01. The molecule has 0 bridgehead atoms. The normalized spacial score (nSPS) is 49.8. The standard InChI is InChI=1S/C17H26O12/c1-5-8-15(29-16-12(22)11(21)10(20)7(3-18)28-16)27-4-6(14(24)26-2)17(8,25)13(23)9(5)19/h4-5,7-13,15-16,18-23,25H,3H2,1-2H3/t5-,7+,8-,9-,10-,11-,12-,13-,15+,16-,17-/m1/s1. The van der Waals surface area contributed by atoms with Crippen molar-refractivity contribution in [2.24, 2.45) is 11.8 Å². The summed E-state index contributed by atoms with van der Waals surface area (Å²) < 4.78 is 20.8. The van der Waals surface area contributed by atoms with E-state index < -0.39 is 84.8 Å². The average molecular weight is 422 g/mol. The van der Waals surface area contributed by atoms with Gasteiger partial charge < -0.3 is 54.7 Å². The monoisotopic (exact) mass is 422 g/mol. The Bertz CT molecular complexity index is 652. The minimum absolute atomic E-state index is 0.422. The lowest BCUT2D eigenvalue weighted by Crippen LogP contribution is -2.61. The minimum Gasteiger partial charge on any atom is -0.471 e. The van der Waals surface area contributed by atoms with Crippen molar-refractivity contribution in [2.45, 2.75) is 61.7 Å². The molecular weight excluding hydrogens is 396 g/mol. The van der Waals surface area contributed by atoms with Gasteiger partial charge in [0.2, 0.25) is 6.29 Å². The molecule has 0 radical (unpaired) electrons. The number of methoxy groups -OCH3 is 1. The molecule has 29 heavy (non-hydrogen) atoms. The fourth-order valence-electron chi connectivity index (χ4n) is 4.22. The second kappa shape index (κ2) is 8.06. The van der Waals surface area contributed by atoms with Gasteiger partial charge in [0.25, 0.3) is 0 Å². The summed E-state index contributed by atoms with van der Waals surface area (Å²) >= 11 is 0. The number of fused-ring (bicyclic) bond motifs is 1. The Hall–Kier alpha value is -1.35. The van der Waals surface area contributed by atoms with E-state index >= 15 is 0 Å². The van der Waals surface area contributed by atoms with Crippen LogP contribution >= 0.6 is 0 Å². The van der Waals surface area contributed by atoms with Gasteiger partial charge in [0.15, 0.2) is 6.29 Å². The van der Waals surface area contributed by atoms with Crippen molar-refractivity contribution >= 4 is 5.97 Å². The molecule has 1 aliphatic carbocycles. The maximum atomic E-state index is 12.1. The van der Waals surface area contributed by atoms with Gasteiger partial charge in [-0.2, -0.15) is 0 Å². The third kappa shape index (κ3) is 3.34. The van der Waals surface area contributed by atoms with Crippen molar-refractivity contribution in [1.82, 2.24) is 0 Å². The van der Waals surface area contributed by atoms with Gasteiger partial charge in [-0.05, 0) is 5.92 Å². The highest BCUT2D eigenvalue weighted by molar-refractivity contribution is 5.91. The summed E-state index contributed by atoms with van der Waals surface area (Å²) in [7, 11) is 1.07. The van der Waals surface area contributed by atoms with Crippen LogP contribution in [0.25, 0.3) is 0 Å². The second-order valence-corrected chi connectivity index (χ2v) is 7.51. The highest BCUT2D eigenvalue weighted by atomic mass is 16.8. The van der Waals surface area contributed by atoms with Gasteiger partial charge in [0.05, 0.1) is 25.7 Å².